The third-order valence-electron chi connectivity index (χ3n) is 6.18. The molecule has 2 N–H and O–H groups in total. The number of rotatable bonds is 8. The van der Waals surface area contributed by atoms with E-state index in [0.29, 0.717) is 13.0 Å². The first kappa shape index (κ1) is 22.2. The van der Waals surface area contributed by atoms with Gasteiger partial charge in [0.2, 0.25) is 5.91 Å². The predicted molar refractivity (Wildman–Crippen MR) is 112 cm³/mol. The SMILES string of the molecule is Cl.NCC1(CC(=O)N2CCC(OCCCc3ccccc3)C2)CCCCC1. The highest BCUT2D eigenvalue weighted by atomic mass is 35.5. The van der Waals surface area contributed by atoms with Gasteiger partial charge in [0.25, 0.3) is 0 Å². The number of aryl methyl sites for hydroxylation is 1. The van der Waals surface area contributed by atoms with Crippen molar-refractivity contribution in [1.29, 1.82) is 0 Å². The van der Waals surface area contributed by atoms with Crippen LogP contribution in [0.3, 0.4) is 0 Å². The lowest BCUT2D eigenvalue weighted by Crippen LogP contribution is -2.40. The molecule has 5 heteroatoms. The van der Waals surface area contributed by atoms with Gasteiger partial charge >= 0.3 is 0 Å². The number of likely N-dealkylation sites (tertiary alicyclic amines) is 1. The minimum absolute atomic E-state index is 0. The van der Waals surface area contributed by atoms with Gasteiger partial charge in [0, 0.05) is 26.1 Å². The summed E-state index contributed by atoms with van der Waals surface area (Å²) in [6, 6.07) is 10.5. The number of nitrogens with zero attached hydrogens (tertiary/aromatic N) is 1. The van der Waals surface area contributed by atoms with Crippen LogP contribution < -0.4 is 5.73 Å². The summed E-state index contributed by atoms with van der Waals surface area (Å²) in [7, 11) is 0. The molecule has 0 aromatic heterocycles. The van der Waals surface area contributed by atoms with Crippen molar-refractivity contribution < 1.29 is 9.53 Å². The van der Waals surface area contributed by atoms with Crippen molar-refractivity contribution in [3.8, 4) is 0 Å². The van der Waals surface area contributed by atoms with Gasteiger partial charge in [0.05, 0.1) is 6.10 Å². The van der Waals surface area contributed by atoms with E-state index in [2.05, 4.69) is 24.3 Å². The zero-order chi connectivity index (χ0) is 18.2. The molecule has 0 spiro atoms. The van der Waals surface area contributed by atoms with Crippen LogP contribution in [0.1, 0.15) is 56.9 Å². The second kappa shape index (κ2) is 11.0. The Morgan fingerprint density at radius 3 is 2.63 bits per heavy atom. The molecule has 0 radical (unpaired) electrons. The van der Waals surface area contributed by atoms with E-state index in [1.165, 1.54) is 24.8 Å². The first-order valence-corrected chi connectivity index (χ1v) is 10.3. The molecule has 0 bridgehead atoms. The molecule has 1 aromatic carbocycles. The Bertz CT molecular complexity index is 561. The topological polar surface area (TPSA) is 55.6 Å². The number of amides is 1. The molecule has 1 saturated carbocycles. The van der Waals surface area contributed by atoms with Gasteiger partial charge in [-0.15, -0.1) is 12.4 Å². The molecule has 4 nitrogen and oxygen atoms in total. The highest BCUT2D eigenvalue weighted by molar-refractivity contribution is 5.85. The maximum atomic E-state index is 12.8. The Labute approximate surface area is 170 Å². The number of hydrogen-bond acceptors (Lipinski definition) is 3. The first-order chi connectivity index (χ1) is 12.7. The summed E-state index contributed by atoms with van der Waals surface area (Å²) in [4.78, 5) is 14.8. The second-order valence-electron chi connectivity index (χ2n) is 8.15. The predicted octanol–water partition coefficient (Wildman–Crippen LogP) is 3.96. The summed E-state index contributed by atoms with van der Waals surface area (Å²) < 4.78 is 6.03. The third kappa shape index (κ3) is 6.48. The van der Waals surface area contributed by atoms with Crippen molar-refractivity contribution >= 4 is 18.3 Å². The average molecular weight is 395 g/mol. The van der Waals surface area contributed by atoms with Crippen molar-refractivity contribution in [3.05, 3.63) is 35.9 Å². The van der Waals surface area contributed by atoms with E-state index in [1.54, 1.807) is 0 Å². The molecular formula is C22H35ClN2O2. The summed E-state index contributed by atoms with van der Waals surface area (Å²) in [6.07, 6.45) is 9.84. The zero-order valence-corrected chi connectivity index (χ0v) is 17.2. The fraction of sp³-hybridized carbons (Fsp3) is 0.682. The van der Waals surface area contributed by atoms with Crippen molar-refractivity contribution in [2.75, 3.05) is 26.2 Å². The lowest BCUT2D eigenvalue weighted by molar-refractivity contribution is -0.133. The van der Waals surface area contributed by atoms with E-state index in [9.17, 15) is 4.79 Å². The van der Waals surface area contributed by atoms with Gasteiger partial charge in [-0.3, -0.25) is 4.79 Å². The number of halogens is 1. The largest absolute Gasteiger partial charge is 0.376 e. The number of nitrogens with two attached hydrogens (primary N) is 1. The molecule has 1 saturated heterocycles. The summed E-state index contributed by atoms with van der Waals surface area (Å²) >= 11 is 0. The molecule has 1 amide bonds. The van der Waals surface area contributed by atoms with Crippen LogP contribution in [-0.4, -0.2) is 43.2 Å². The van der Waals surface area contributed by atoms with Gasteiger partial charge in [0.1, 0.15) is 0 Å². The van der Waals surface area contributed by atoms with E-state index in [-0.39, 0.29) is 29.8 Å². The van der Waals surface area contributed by atoms with Gasteiger partial charge in [-0.1, -0.05) is 49.6 Å². The van der Waals surface area contributed by atoms with Gasteiger partial charge < -0.3 is 15.4 Å². The number of ether oxygens (including phenoxy) is 1. The van der Waals surface area contributed by atoms with Crippen LogP contribution in [0.5, 0.6) is 0 Å². The quantitative estimate of drug-likeness (QED) is 0.679. The Kier molecular flexibility index (Phi) is 9.07. The van der Waals surface area contributed by atoms with Crippen LogP contribution in [0.2, 0.25) is 0 Å². The van der Waals surface area contributed by atoms with Gasteiger partial charge in [-0.05, 0) is 49.6 Å². The van der Waals surface area contributed by atoms with Crippen LogP contribution in [0.15, 0.2) is 30.3 Å². The minimum atomic E-state index is 0. The van der Waals surface area contributed by atoms with Crippen molar-refractivity contribution in [3.63, 3.8) is 0 Å². The maximum absolute atomic E-state index is 12.8. The Hall–Kier alpha value is -1.10. The summed E-state index contributed by atoms with van der Waals surface area (Å²) in [5.41, 5.74) is 7.47. The van der Waals surface area contributed by atoms with E-state index < -0.39 is 0 Å². The molecule has 1 aliphatic carbocycles. The number of carbonyl (C=O) groups is 1. The van der Waals surface area contributed by atoms with Crippen molar-refractivity contribution in [2.45, 2.75) is 63.9 Å². The van der Waals surface area contributed by atoms with Crippen LogP contribution >= 0.6 is 12.4 Å². The fourth-order valence-corrected chi connectivity index (χ4v) is 4.45. The maximum Gasteiger partial charge on any atom is 0.223 e. The second-order valence-corrected chi connectivity index (χ2v) is 8.15. The average Bonchev–Trinajstić information content (AvgIpc) is 3.16. The first-order valence-electron chi connectivity index (χ1n) is 10.3. The van der Waals surface area contributed by atoms with E-state index in [4.69, 9.17) is 10.5 Å². The lowest BCUT2D eigenvalue weighted by Gasteiger charge is -2.36. The van der Waals surface area contributed by atoms with Crippen LogP contribution in [0.25, 0.3) is 0 Å². The van der Waals surface area contributed by atoms with Crippen LogP contribution in [0.4, 0.5) is 0 Å². The highest BCUT2D eigenvalue weighted by Crippen LogP contribution is 2.39. The molecule has 1 atom stereocenters. The fourth-order valence-electron chi connectivity index (χ4n) is 4.45. The standard InChI is InChI=1S/C22H34N2O2.ClH/c23-18-22(12-5-2-6-13-22)16-21(25)24-14-11-20(17-24)26-15-7-10-19-8-3-1-4-9-19;/h1,3-4,8-9,20H,2,5-7,10-18,23H2;1H. The van der Waals surface area contributed by atoms with Crippen LogP contribution in [0, 0.1) is 5.41 Å². The van der Waals surface area contributed by atoms with E-state index >= 15 is 0 Å². The Morgan fingerprint density at radius 2 is 1.93 bits per heavy atom. The molecule has 1 aromatic rings. The summed E-state index contributed by atoms with van der Waals surface area (Å²) in [5, 5.41) is 0. The van der Waals surface area contributed by atoms with Gasteiger partial charge in [-0.2, -0.15) is 0 Å². The summed E-state index contributed by atoms with van der Waals surface area (Å²) in [6.45, 7) is 3.01. The highest BCUT2D eigenvalue weighted by Gasteiger charge is 2.36. The lowest BCUT2D eigenvalue weighted by atomic mass is 9.71. The molecule has 1 unspecified atom stereocenters. The normalized spacial score (nSPS) is 21.7. The Balaban J connectivity index is 0.00000261. The molecule has 1 aliphatic heterocycles. The van der Waals surface area contributed by atoms with Crippen LogP contribution in [-0.2, 0) is 16.0 Å². The monoisotopic (exact) mass is 394 g/mol. The number of benzene rings is 1. The van der Waals surface area contributed by atoms with Gasteiger partial charge in [-0.25, -0.2) is 0 Å². The van der Waals surface area contributed by atoms with E-state index in [0.717, 1.165) is 51.8 Å². The third-order valence-corrected chi connectivity index (χ3v) is 6.18. The van der Waals surface area contributed by atoms with Crippen molar-refractivity contribution in [2.24, 2.45) is 11.1 Å². The van der Waals surface area contributed by atoms with E-state index in [1.807, 2.05) is 11.0 Å². The molecule has 1 heterocycles. The smallest absolute Gasteiger partial charge is 0.223 e. The number of carbonyl (C=O) groups excluding carboxylic acids is 1. The molecular weight excluding hydrogens is 360 g/mol. The zero-order valence-electron chi connectivity index (χ0n) is 16.4. The minimum Gasteiger partial charge on any atom is -0.376 e. The van der Waals surface area contributed by atoms with Crippen molar-refractivity contribution in [1.82, 2.24) is 4.90 Å². The Morgan fingerprint density at radius 1 is 1.19 bits per heavy atom. The number of hydrogen-bond donors (Lipinski definition) is 1. The molecule has 2 fully saturated rings. The summed E-state index contributed by atoms with van der Waals surface area (Å²) in [5.74, 6) is 0.285. The molecule has 152 valence electrons. The molecule has 3 rings (SSSR count). The molecule has 27 heavy (non-hydrogen) atoms. The molecule has 2 aliphatic rings. The van der Waals surface area contributed by atoms with Gasteiger partial charge in [0.15, 0.2) is 0 Å².